The summed E-state index contributed by atoms with van der Waals surface area (Å²) in [6.07, 6.45) is 0.329. The Bertz CT molecular complexity index is 1720. The highest BCUT2D eigenvalue weighted by Crippen LogP contribution is 2.41. The van der Waals surface area contributed by atoms with E-state index in [-0.39, 0.29) is 22.0 Å². The van der Waals surface area contributed by atoms with Crippen LogP contribution in [0.2, 0.25) is 10.0 Å². The highest BCUT2D eigenvalue weighted by Gasteiger charge is 2.22. The van der Waals surface area contributed by atoms with Crippen molar-refractivity contribution < 1.29 is 27.6 Å². The van der Waals surface area contributed by atoms with Gasteiger partial charge in [0.1, 0.15) is 22.0 Å². The average Bonchev–Trinajstić information content (AvgIpc) is 2.87. The van der Waals surface area contributed by atoms with Crippen molar-refractivity contribution in [2.45, 2.75) is 25.2 Å². The maximum atomic E-state index is 13.3. The van der Waals surface area contributed by atoms with Gasteiger partial charge in [-0.2, -0.15) is 8.42 Å². The van der Waals surface area contributed by atoms with Gasteiger partial charge in [0, 0.05) is 27.2 Å². The molecular formula is C27H23Cl2N3O6S. The maximum Gasteiger partial charge on any atom is 0.296 e. The van der Waals surface area contributed by atoms with Gasteiger partial charge in [-0.05, 0) is 54.6 Å². The molecule has 0 unspecified atom stereocenters. The van der Waals surface area contributed by atoms with Gasteiger partial charge >= 0.3 is 0 Å². The number of nitrogens with zero attached hydrogens (tertiary/aromatic N) is 2. The van der Waals surface area contributed by atoms with Crippen molar-refractivity contribution in [1.29, 1.82) is 0 Å². The van der Waals surface area contributed by atoms with Crippen molar-refractivity contribution in [1.82, 2.24) is 0 Å². The molecule has 0 saturated carbocycles. The molecule has 4 aromatic carbocycles. The van der Waals surface area contributed by atoms with Crippen molar-refractivity contribution in [2.24, 2.45) is 10.2 Å². The molecule has 9 nitrogen and oxygen atoms in total. The topological polar surface area (TPSA) is 138 Å². The Labute approximate surface area is 234 Å². The van der Waals surface area contributed by atoms with Crippen molar-refractivity contribution >= 4 is 67.1 Å². The molecule has 39 heavy (non-hydrogen) atoms. The summed E-state index contributed by atoms with van der Waals surface area (Å²) in [5, 5.41) is 23.6. The van der Waals surface area contributed by atoms with E-state index in [1.807, 2.05) is 6.92 Å². The minimum atomic E-state index is -4.70. The van der Waals surface area contributed by atoms with Gasteiger partial charge in [0.25, 0.3) is 16.0 Å². The second-order valence-corrected chi connectivity index (χ2v) is 10.6. The molecule has 0 spiro atoms. The molecule has 0 aliphatic rings. The normalized spacial score (nSPS) is 11.7. The van der Waals surface area contributed by atoms with E-state index in [4.69, 9.17) is 27.9 Å². The number of rotatable bonds is 8. The lowest BCUT2D eigenvalue weighted by atomic mass is 10.0. The van der Waals surface area contributed by atoms with Crippen LogP contribution in [0.4, 0.5) is 17.1 Å². The van der Waals surface area contributed by atoms with Crippen LogP contribution in [0.3, 0.4) is 0 Å². The molecule has 0 saturated heterocycles. The molecule has 202 valence electrons. The fourth-order valence-electron chi connectivity index (χ4n) is 3.98. The van der Waals surface area contributed by atoms with Crippen LogP contribution in [0.25, 0.3) is 10.8 Å². The molecule has 0 atom stereocenters. The number of carbonyl (C=O) groups is 1. The highest BCUT2D eigenvalue weighted by atomic mass is 35.5. The van der Waals surface area contributed by atoms with Gasteiger partial charge in [0.15, 0.2) is 5.75 Å². The fraction of sp³-hybridized carbons (Fsp3) is 0.148. The van der Waals surface area contributed by atoms with Gasteiger partial charge in [0.2, 0.25) is 0 Å². The van der Waals surface area contributed by atoms with Crippen LogP contribution in [0.15, 0.2) is 75.8 Å². The lowest BCUT2D eigenvalue weighted by molar-refractivity contribution is 0.102. The van der Waals surface area contributed by atoms with Gasteiger partial charge < -0.3 is 15.2 Å². The third-order valence-corrected chi connectivity index (χ3v) is 7.01. The Morgan fingerprint density at radius 1 is 0.974 bits per heavy atom. The summed E-state index contributed by atoms with van der Waals surface area (Å²) in [5.41, 5.74) is 0.436. The second-order valence-electron chi connectivity index (χ2n) is 8.35. The zero-order chi connectivity index (χ0) is 28.3. The van der Waals surface area contributed by atoms with Crippen LogP contribution >= 0.6 is 23.2 Å². The molecule has 0 fully saturated rings. The van der Waals surface area contributed by atoms with Crippen LogP contribution in [0, 0.1) is 0 Å². The Morgan fingerprint density at radius 3 is 2.36 bits per heavy atom. The van der Waals surface area contributed by atoms with Gasteiger partial charge in [-0.1, -0.05) is 54.4 Å². The van der Waals surface area contributed by atoms with E-state index < -0.39 is 26.7 Å². The zero-order valence-electron chi connectivity index (χ0n) is 20.8. The van der Waals surface area contributed by atoms with E-state index in [9.17, 15) is 22.9 Å². The van der Waals surface area contributed by atoms with Crippen LogP contribution in [-0.2, 0) is 16.5 Å². The molecule has 0 aliphatic carbocycles. The van der Waals surface area contributed by atoms with Gasteiger partial charge in [-0.25, -0.2) is 0 Å². The van der Waals surface area contributed by atoms with Crippen LogP contribution < -0.4 is 10.1 Å². The standard InChI is InChI=1S/C27H23Cl2N3O6S/c1-3-15-9-17(28)13-23(39(35,36)37)24(15)31-32-25-21-8-6-5-7-16(21)10-22(26(25)33)27(34)30-19-11-18(29)12-20(14-19)38-4-2/h5-14,33H,3-4H2,1-2H3,(H,30,34)(H,35,36,37). The number of azo groups is 1. The number of benzene rings is 4. The molecule has 0 radical (unpaired) electrons. The first-order chi connectivity index (χ1) is 18.5. The summed E-state index contributed by atoms with van der Waals surface area (Å²) < 4.78 is 39.3. The molecule has 12 heteroatoms. The van der Waals surface area contributed by atoms with Crippen LogP contribution in [-0.4, -0.2) is 30.6 Å². The van der Waals surface area contributed by atoms with Crippen molar-refractivity contribution in [3.63, 3.8) is 0 Å². The van der Waals surface area contributed by atoms with Gasteiger partial charge in [0.05, 0.1) is 12.2 Å². The summed E-state index contributed by atoms with van der Waals surface area (Å²) >= 11 is 12.2. The number of nitrogens with one attached hydrogen (secondary N) is 1. The first-order valence-corrected chi connectivity index (χ1v) is 13.9. The number of aryl methyl sites for hydroxylation is 1. The number of amides is 1. The van der Waals surface area contributed by atoms with Gasteiger partial charge in [-0.3, -0.25) is 9.35 Å². The molecular weight excluding hydrogens is 565 g/mol. The first kappa shape index (κ1) is 28.3. The molecule has 3 N–H and O–H groups in total. The summed E-state index contributed by atoms with van der Waals surface area (Å²) in [4.78, 5) is 12.7. The van der Waals surface area contributed by atoms with E-state index in [0.29, 0.717) is 45.8 Å². The van der Waals surface area contributed by atoms with E-state index in [2.05, 4.69) is 15.5 Å². The Kier molecular flexibility index (Phi) is 8.41. The molecule has 0 bridgehead atoms. The number of anilines is 1. The number of fused-ring (bicyclic) bond motifs is 1. The van der Waals surface area contributed by atoms with E-state index in [0.717, 1.165) is 6.07 Å². The molecule has 4 aromatic rings. The first-order valence-electron chi connectivity index (χ1n) is 11.7. The average molecular weight is 588 g/mol. The van der Waals surface area contributed by atoms with Gasteiger partial charge in [-0.15, -0.1) is 10.2 Å². The van der Waals surface area contributed by atoms with Crippen molar-refractivity contribution in [3.05, 3.63) is 81.8 Å². The fourth-order valence-corrected chi connectivity index (χ4v) is 5.21. The van der Waals surface area contributed by atoms with Crippen LogP contribution in [0.1, 0.15) is 29.8 Å². The smallest absolute Gasteiger partial charge is 0.296 e. The third-order valence-electron chi connectivity index (χ3n) is 5.71. The summed E-state index contributed by atoms with van der Waals surface area (Å²) in [6, 6.07) is 15.7. The van der Waals surface area contributed by atoms with E-state index in [1.165, 1.54) is 18.2 Å². The molecule has 4 rings (SSSR count). The molecule has 0 heterocycles. The summed E-state index contributed by atoms with van der Waals surface area (Å²) in [6.45, 7) is 3.97. The maximum absolute atomic E-state index is 13.3. The molecule has 1 amide bonds. The largest absolute Gasteiger partial charge is 0.505 e. The van der Waals surface area contributed by atoms with E-state index in [1.54, 1.807) is 43.3 Å². The lowest BCUT2D eigenvalue weighted by Crippen LogP contribution is -2.12. The Morgan fingerprint density at radius 2 is 1.67 bits per heavy atom. The number of phenolic OH excluding ortho intramolecular Hbond substituents is 1. The van der Waals surface area contributed by atoms with E-state index >= 15 is 0 Å². The third kappa shape index (κ3) is 6.31. The quantitative estimate of drug-likeness (QED) is 0.142. The molecule has 0 aromatic heterocycles. The SMILES string of the molecule is CCOc1cc(Cl)cc(NC(=O)c2cc3ccccc3c(N=Nc3c(CC)cc(Cl)cc3S(=O)(=O)O)c2O)c1. The molecule has 0 aliphatic heterocycles. The minimum Gasteiger partial charge on any atom is -0.505 e. The Hall–Kier alpha value is -3.70. The highest BCUT2D eigenvalue weighted by molar-refractivity contribution is 7.86. The zero-order valence-corrected chi connectivity index (χ0v) is 23.1. The minimum absolute atomic E-state index is 0.0716. The summed E-state index contributed by atoms with van der Waals surface area (Å²) in [7, 11) is -4.70. The number of aromatic hydroxyl groups is 1. The number of hydrogen-bond donors (Lipinski definition) is 3. The predicted octanol–water partition coefficient (Wildman–Crippen LogP) is 7.73. The monoisotopic (exact) mass is 587 g/mol. The van der Waals surface area contributed by atoms with Crippen molar-refractivity contribution in [3.8, 4) is 11.5 Å². The van der Waals surface area contributed by atoms with Crippen LogP contribution in [0.5, 0.6) is 11.5 Å². The van der Waals surface area contributed by atoms with Crippen molar-refractivity contribution in [2.75, 3.05) is 11.9 Å². The Balaban J connectivity index is 1.84. The predicted molar refractivity (Wildman–Crippen MR) is 151 cm³/mol. The number of ether oxygens (including phenoxy) is 1. The lowest BCUT2D eigenvalue weighted by Gasteiger charge is -2.13. The number of carbonyl (C=O) groups excluding carboxylic acids is 1. The number of phenols is 1. The number of halogens is 2. The number of hydrogen-bond acceptors (Lipinski definition) is 7. The second kappa shape index (κ2) is 11.6. The summed E-state index contributed by atoms with van der Waals surface area (Å²) in [5.74, 6) is -0.678.